The summed E-state index contributed by atoms with van der Waals surface area (Å²) >= 11 is 3.71. The van der Waals surface area contributed by atoms with Gasteiger partial charge >= 0.3 is 0 Å². The predicted octanol–water partition coefficient (Wildman–Crippen LogP) is 6.68. The van der Waals surface area contributed by atoms with Crippen LogP contribution in [-0.2, 0) is 22.3 Å². The number of halogens is 1. The van der Waals surface area contributed by atoms with Gasteiger partial charge in [0.15, 0.2) is 8.32 Å². The fraction of sp³-hybridized carbons (Fsp3) is 0.667. The van der Waals surface area contributed by atoms with E-state index in [2.05, 4.69) is 85.2 Å². The number of nitrogens with zero attached hydrogens (tertiary/aromatic N) is 2. The molecule has 0 N–H and O–H groups in total. The number of pyridine rings is 1. The van der Waals surface area contributed by atoms with Crippen molar-refractivity contribution in [2.45, 2.75) is 77.7 Å². The van der Waals surface area contributed by atoms with Crippen molar-refractivity contribution in [1.82, 2.24) is 9.55 Å². The van der Waals surface area contributed by atoms with Gasteiger partial charge in [0.25, 0.3) is 0 Å². The van der Waals surface area contributed by atoms with Crippen molar-refractivity contribution >= 4 is 43.4 Å². The summed E-state index contributed by atoms with van der Waals surface area (Å²) in [7, 11) is -2.81. The van der Waals surface area contributed by atoms with E-state index in [-0.39, 0.29) is 5.04 Å². The van der Waals surface area contributed by atoms with Gasteiger partial charge in [-0.05, 0) is 58.2 Å². The van der Waals surface area contributed by atoms with Gasteiger partial charge in [0.05, 0.1) is 0 Å². The van der Waals surface area contributed by atoms with Crippen LogP contribution in [0.1, 0.15) is 26.3 Å². The highest BCUT2D eigenvalue weighted by Gasteiger charge is 2.36. The predicted molar refractivity (Wildman–Crippen MR) is 128 cm³/mol. The van der Waals surface area contributed by atoms with E-state index in [4.69, 9.17) is 9.16 Å². The fourth-order valence-electron chi connectivity index (χ4n) is 2.72. The lowest BCUT2D eigenvalue weighted by molar-refractivity contribution is 0.0897. The summed E-state index contributed by atoms with van der Waals surface area (Å²) < 4.78 is 15.6. The van der Waals surface area contributed by atoms with Crippen LogP contribution in [0.4, 0.5) is 0 Å². The second-order valence-corrected chi connectivity index (χ2v) is 21.6. The molecular weight excluding hydrogens is 448 g/mol. The van der Waals surface area contributed by atoms with Crippen LogP contribution in [0, 0.1) is 0 Å². The van der Waals surface area contributed by atoms with Crippen LogP contribution >= 0.6 is 15.9 Å². The molecule has 2 aromatic rings. The molecule has 0 aliphatic carbocycles. The lowest BCUT2D eigenvalue weighted by Gasteiger charge is -2.36. The molecule has 2 rings (SSSR count). The Bertz CT molecular complexity index is 792. The third-order valence-corrected chi connectivity index (χ3v) is 12.6. The zero-order valence-electron chi connectivity index (χ0n) is 18.9. The molecule has 28 heavy (non-hydrogen) atoms. The Labute approximate surface area is 181 Å². The summed E-state index contributed by atoms with van der Waals surface area (Å²) in [5.41, 5.74) is 2.24. The van der Waals surface area contributed by atoms with Crippen molar-refractivity contribution in [1.29, 1.82) is 0 Å². The molecule has 0 bridgehead atoms. The first kappa shape index (κ1) is 23.8. The highest BCUT2D eigenvalue weighted by atomic mass is 79.9. The second-order valence-electron chi connectivity index (χ2n) is 10.3. The van der Waals surface area contributed by atoms with Crippen molar-refractivity contribution < 1.29 is 9.16 Å². The van der Waals surface area contributed by atoms with Crippen LogP contribution in [0.2, 0.25) is 43.8 Å². The molecule has 0 fully saturated rings. The van der Waals surface area contributed by atoms with Gasteiger partial charge in [-0.15, -0.1) is 0 Å². The molecule has 2 heterocycles. The lowest BCUT2D eigenvalue weighted by Crippen LogP contribution is -2.41. The van der Waals surface area contributed by atoms with Gasteiger partial charge in [-0.1, -0.05) is 40.4 Å². The highest BCUT2D eigenvalue weighted by molar-refractivity contribution is 9.10. The molecule has 158 valence electrons. The van der Waals surface area contributed by atoms with Crippen LogP contribution in [0.15, 0.2) is 22.9 Å². The van der Waals surface area contributed by atoms with Crippen LogP contribution in [0.3, 0.4) is 0 Å². The molecule has 0 spiro atoms. The third-order valence-electron chi connectivity index (χ3n) is 5.65. The van der Waals surface area contributed by atoms with E-state index in [1.165, 1.54) is 17.0 Å². The normalized spacial score (nSPS) is 13.5. The minimum Gasteiger partial charge on any atom is -0.416 e. The minimum atomic E-state index is -1.73. The molecule has 4 nitrogen and oxygen atoms in total. The van der Waals surface area contributed by atoms with E-state index in [0.29, 0.717) is 6.73 Å². The van der Waals surface area contributed by atoms with E-state index < -0.39 is 16.4 Å². The smallest absolute Gasteiger partial charge is 0.191 e. The number of aromatic nitrogens is 2. The largest absolute Gasteiger partial charge is 0.416 e. The average Bonchev–Trinajstić information content (AvgIpc) is 2.89. The summed E-state index contributed by atoms with van der Waals surface area (Å²) in [6.07, 6.45) is 4.92. The lowest BCUT2D eigenvalue weighted by atomic mass is 10.2. The van der Waals surface area contributed by atoms with Crippen LogP contribution in [0.25, 0.3) is 11.0 Å². The van der Waals surface area contributed by atoms with Gasteiger partial charge in [-0.2, -0.15) is 0 Å². The number of hydrogen-bond acceptors (Lipinski definition) is 3. The SMILES string of the molecule is CC(C)(C)[Si](C)(C)OCCc1cn(COCC[Si](C)(C)C)c2nccc(Br)c12. The molecule has 0 saturated carbocycles. The van der Waals surface area contributed by atoms with E-state index in [1.807, 2.05) is 12.3 Å². The Kier molecular flexibility index (Phi) is 7.75. The Hall–Kier alpha value is -0.476. The molecule has 0 aliphatic rings. The number of rotatable bonds is 9. The molecule has 0 radical (unpaired) electrons. The van der Waals surface area contributed by atoms with Gasteiger partial charge in [-0.3, -0.25) is 0 Å². The van der Waals surface area contributed by atoms with Crippen molar-refractivity contribution in [3.05, 3.63) is 28.5 Å². The molecule has 0 saturated heterocycles. The number of fused-ring (bicyclic) bond motifs is 1. The Morgan fingerprint density at radius 3 is 2.39 bits per heavy atom. The van der Waals surface area contributed by atoms with Gasteiger partial charge < -0.3 is 13.7 Å². The monoisotopic (exact) mass is 484 g/mol. The second kappa shape index (κ2) is 9.12. The van der Waals surface area contributed by atoms with Crippen LogP contribution < -0.4 is 0 Å². The average molecular weight is 486 g/mol. The van der Waals surface area contributed by atoms with Crippen LogP contribution in [0.5, 0.6) is 0 Å². The Morgan fingerprint density at radius 1 is 1.11 bits per heavy atom. The standard InChI is InChI=1S/C21H37BrN2O2Si2/c1-21(2,3)28(7,8)26-12-10-17-15-24(16-25-13-14-27(4,5)6)20-19(17)18(22)9-11-23-20/h9,11,15H,10,12-14,16H2,1-8H3. The fourth-order valence-corrected chi connectivity index (χ4v) is 5.07. The van der Waals surface area contributed by atoms with Gasteiger partial charge in [0.1, 0.15) is 12.4 Å². The molecule has 7 heteroatoms. The molecule has 0 aromatic carbocycles. The maximum Gasteiger partial charge on any atom is 0.191 e. The number of hydrogen-bond donors (Lipinski definition) is 0. The van der Waals surface area contributed by atoms with E-state index in [9.17, 15) is 0 Å². The molecule has 0 atom stereocenters. The maximum absolute atomic E-state index is 6.40. The van der Waals surface area contributed by atoms with E-state index in [1.54, 1.807) is 0 Å². The van der Waals surface area contributed by atoms with Crippen molar-refractivity contribution in [2.24, 2.45) is 0 Å². The minimum absolute atomic E-state index is 0.230. The summed E-state index contributed by atoms with van der Waals surface area (Å²) in [6.45, 7) is 20.7. The first-order valence-corrected chi connectivity index (χ1v) is 17.6. The van der Waals surface area contributed by atoms with E-state index >= 15 is 0 Å². The topological polar surface area (TPSA) is 36.3 Å². The van der Waals surface area contributed by atoms with Crippen molar-refractivity contribution in [2.75, 3.05) is 13.2 Å². The highest BCUT2D eigenvalue weighted by Crippen LogP contribution is 2.37. The molecule has 0 aliphatic heterocycles. The summed E-state index contributed by atoms with van der Waals surface area (Å²) in [5.74, 6) is 0. The Balaban J connectivity index is 2.11. The first-order valence-electron chi connectivity index (χ1n) is 10.2. The van der Waals surface area contributed by atoms with Crippen LogP contribution in [-0.4, -0.2) is 39.2 Å². The van der Waals surface area contributed by atoms with Gasteiger partial charge in [-0.25, -0.2) is 4.98 Å². The van der Waals surface area contributed by atoms with E-state index in [0.717, 1.165) is 29.8 Å². The summed E-state index contributed by atoms with van der Waals surface area (Å²) in [6, 6.07) is 3.19. The third kappa shape index (κ3) is 6.26. The maximum atomic E-state index is 6.40. The zero-order chi connectivity index (χ0) is 21.2. The molecular formula is C21H37BrN2O2Si2. The Morgan fingerprint density at radius 2 is 1.79 bits per heavy atom. The molecule has 0 unspecified atom stereocenters. The first-order chi connectivity index (χ1) is 12.8. The molecule has 2 aromatic heterocycles. The van der Waals surface area contributed by atoms with Gasteiger partial charge in [0, 0.05) is 43.5 Å². The van der Waals surface area contributed by atoms with Gasteiger partial charge in [0.2, 0.25) is 0 Å². The number of ether oxygens (including phenoxy) is 1. The molecule has 0 amide bonds. The zero-order valence-corrected chi connectivity index (χ0v) is 22.4. The van der Waals surface area contributed by atoms with Crippen molar-refractivity contribution in [3.8, 4) is 0 Å². The summed E-state index contributed by atoms with van der Waals surface area (Å²) in [5, 5.41) is 1.41. The van der Waals surface area contributed by atoms with Crippen molar-refractivity contribution in [3.63, 3.8) is 0 Å². The summed E-state index contributed by atoms with van der Waals surface area (Å²) in [4.78, 5) is 4.62. The quantitative estimate of drug-likeness (QED) is 0.294.